The van der Waals surface area contributed by atoms with Gasteiger partial charge in [-0.05, 0) is 84.2 Å². The fourth-order valence-electron chi connectivity index (χ4n) is 4.91. The molecule has 0 amide bonds. The van der Waals surface area contributed by atoms with Gasteiger partial charge in [-0.15, -0.1) is 0 Å². The highest BCUT2D eigenvalue weighted by molar-refractivity contribution is 7.08. The van der Waals surface area contributed by atoms with E-state index in [1.165, 1.54) is 0 Å². The van der Waals surface area contributed by atoms with Crippen LogP contribution in [0, 0.1) is 0 Å². The number of H-pyrrole nitrogens is 1. The maximum Gasteiger partial charge on any atom is 0.162 e. The number of nitrogens with one attached hydrogen (secondary N) is 1. The van der Waals surface area contributed by atoms with Crippen LogP contribution in [0.15, 0.2) is 53.2 Å². The van der Waals surface area contributed by atoms with Gasteiger partial charge in [0, 0.05) is 17.4 Å². The Labute approximate surface area is 196 Å². The summed E-state index contributed by atoms with van der Waals surface area (Å²) in [4.78, 5) is 15.8. The molecule has 0 bridgehead atoms. The van der Waals surface area contributed by atoms with Crippen LogP contribution in [-0.2, 0) is 11.2 Å². The minimum atomic E-state index is -0.156. The van der Waals surface area contributed by atoms with Crippen molar-refractivity contribution in [3.8, 4) is 22.8 Å². The van der Waals surface area contributed by atoms with Crippen molar-refractivity contribution in [3.63, 3.8) is 0 Å². The predicted molar refractivity (Wildman–Crippen MR) is 129 cm³/mol. The predicted octanol–water partition coefficient (Wildman–Crippen LogP) is 5.01. The van der Waals surface area contributed by atoms with Crippen LogP contribution >= 0.6 is 11.3 Å². The molecule has 1 unspecified atom stereocenters. The van der Waals surface area contributed by atoms with Crippen molar-refractivity contribution < 1.29 is 14.3 Å². The average Bonchev–Trinajstić information content (AvgIpc) is 3.62. The van der Waals surface area contributed by atoms with E-state index in [2.05, 4.69) is 38.0 Å². The number of aromatic nitrogens is 2. The Kier molecular flexibility index (Phi) is 5.36. The zero-order chi connectivity index (χ0) is 22.2. The number of hydrogen-bond acceptors (Lipinski definition) is 6. The summed E-state index contributed by atoms with van der Waals surface area (Å²) in [5.41, 5.74) is 4.89. The van der Waals surface area contributed by atoms with E-state index in [1.807, 2.05) is 30.3 Å². The van der Waals surface area contributed by atoms with Gasteiger partial charge < -0.3 is 9.47 Å². The molecule has 1 fully saturated rings. The van der Waals surface area contributed by atoms with E-state index in [0.29, 0.717) is 19.6 Å². The second-order valence-electron chi connectivity index (χ2n) is 8.66. The molecular formula is C26H25N3O3S. The Morgan fingerprint density at radius 1 is 1.06 bits per heavy atom. The minimum Gasteiger partial charge on any atom is -0.486 e. The molecule has 2 aliphatic rings. The largest absolute Gasteiger partial charge is 0.486 e. The number of aromatic amines is 1. The van der Waals surface area contributed by atoms with Gasteiger partial charge in [0.05, 0.1) is 11.6 Å². The van der Waals surface area contributed by atoms with Crippen LogP contribution in [0.5, 0.6) is 11.5 Å². The number of hydrogen-bond donors (Lipinski definition) is 1. The number of fused-ring (bicyclic) bond motifs is 2. The van der Waals surface area contributed by atoms with Gasteiger partial charge in [-0.3, -0.25) is 14.8 Å². The third kappa shape index (κ3) is 3.92. The Hall–Kier alpha value is -3.16. The van der Waals surface area contributed by atoms with Crippen molar-refractivity contribution in [2.45, 2.75) is 25.3 Å². The number of nitrogens with zero attached hydrogens (tertiary/aromatic N) is 2. The molecule has 168 valence electrons. The van der Waals surface area contributed by atoms with Gasteiger partial charge in [-0.1, -0.05) is 6.07 Å². The minimum absolute atomic E-state index is 0.156. The number of benzene rings is 2. The average molecular weight is 460 g/mol. The molecule has 0 saturated carbocycles. The molecule has 0 radical (unpaired) electrons. The zero-order valence-corrected chi connectivity index (χ0v) is 19.1. The zero-order valence-electron chi connectivity index (χ0n) is 18.3. The topological polar surface area (TPSA) is 67.5 Å². The van der Waals surface area contributed by atoms with Crippen molar-refractivity contribution >= 4 is 28.0 Å². The van der Waals surface area contributed by atoms with Gasteiger partial charge in [-0.25, -0.2) is 0 Å². The van der Waals surface area contributed by atoms with Crippen LogP contribution in [-0.4, -0.2) is 47.2 Å². The smallest absolute Gasteiger partial charge is 0.162 e. The molecule has 0 aliphatic carbocycles. The van der Waals surface area contributed by atoms with E-state index in [9.17, 15) is 4.79 Å². The van der Waals surface area contributed by atoms with E-state index >= 15 is 0 Å². The maximum absolute atomic E-state index is 13.5. The molecule has 2 aromatic heterocycles. The highest BCUT2D eigenvalue weighted by Crippen LogP contribution is 2.36. The summed E-state index contributed by atoms with van der Waals surface area (Å²) in [5.74, 6) is 1.75. The molecule has 2 aliphatic heterocycles. The first-order valence-electron chi connectivity index (χ1n) is 11.4. The molecule has 2 aromatic carbocycles. The summed E-state index contributed by atoms with van der Waals surface area (Å²) in [6, 6.07) is 14.0. The first kappa shape index (κ1) is 20.4. The molecule has 6 rings (SSSR count). The van der Waals surface area contributed by atoms with Gasteiger partial charge in [0.1, 0.15) is 18.9 Å². The van der Waals surface area contributed by atoms with Crippen LogP contribution in [0.4, 0.5) is 0 Å². The third-order valence-electron chi connectivity index (χ3n) is 6.49. The van der Waals surface area contributed by atoms with Gasteiger partial charge >= 0.3 is 0 Å². The molecule has 6 nitrogen and oxygen atoms in total. The van der Waals surface area contributed by atoms with Crippen molar-refractivity contribution in [2.75, 3.05) is 26.3 Å². The lowest BCUT2D eigenvalue weighted by atomic mass is 9.97. The van der Waals surface area contributed by atoms with Crippen LogP contribution in [0.2, 0.25) is 0 Å². The summed E-state index contributed by atoms with van der Waals surface area (Å²) in [6.45, 7) is 3.09. The molecule has 7 heteroatoms. The Balaban J connectivity index is 1.30. The summed E-state index contributed by atoms with van der Waals surface area (Å²) < 4.78 is 11.4. The second kappa shape index (κ2) is 8.65. The van der Waals surface area contributed by atoms with Crippen LogP contribution in [0.1, 0.15) is 30.0 Å². The van der Waals surface area contributed by atoms with Crippen molar-refractivity contribution in [1.82, 2.24) is 15.1 Å². The van der Waals surface area contributed by atoms with Gasteiger partial charge in [-0.2, -0.15) is 16.4 Å². The van der Waals surface area contributed by atoms with E-state index in [4.69, 9.17) is 9.47 Å². The number of ether oxygens (including phenoxy) is 2. The lowest BCUT2D eigenvalue weighted by molar-refractivity contribution is -0.123. The number of carbonyl (C=O) groups excluding carboxylic acids is 1. The van der Waals surface area contributed by atoms with Crippen molar-refractivity contribution in [3.05, 3.63) is 64.4 Å². The molecule has 4 aromatic rings. The van der Waals surface area contributed by atoms with Crippen molar-refractivity contribution in [2.24, 2.45) is 0 Å². The van der Waals surface area contributed by atoms with Crippen LogP contribution in [0.25, 0.3) is 22.2 Å². The maximum atomic E-state index is 13.5. The Morgan fingerprint density at radius 3 is 2.73 bits per heavy atom. The lowest BCUT2D eigenvalue weighted by Gasteiger charge is -2.26. The highest BCUT2D eigenvalue weighted by atomic mass is 32.1. The highest BCUT2D eigenvalue weighted by Gasteiger charge is 2.30. The first-order valence-corrected chi connectivity index (χ1v) is 12.4. The molecule has 33 heavy (non-hydrogen) atoms. The fourth-order valence-corrected chi connectivity index (χ4v) is 5.59. The number of Topliss-reactive ketones (excluding diaryl/α,β-unsaturated/α-hetero) is 1. The SMILES string of the molecule is O=C(Cc1ccc2[nH]nc(-c3ccc4c(c3)OCCO4)c2c1)C(c1ccsc1)N1CCCC1. The van der Waals surface area contributed by atoms with Crippen molar-refractivity contribution in [1.29, 1.82) is 0 Å². The Morgan fingerprint density at radius 2 is 1.91 bits per heavy atom. The standard InChI is InChI=1S/C26H25N3O3S/c30-22(26(19-7-12-33-16-19)29-8-1-2-9-29)14-17-3-5-21-20(13-17)25(28-27-21)18-4-6-23-24(15-18)32-11-10-31-23/h3-7,12-13,15-16,26H,1-2,8-11,14H2,(H,27,28). The quantitative estimate of drug-likeness (QED) is 0.439. The van der Waals surface area contributed by atoms with Gasteiger partial charge in [0.25, 0.3) is 0 Å². The Bertz CT molecular complexity index is 1290. The summed E-state index contributed by atoms with van der Waals surface area (Å²) in [7, 11) is 0. The monoisotopic (exact) mass is 459 g/mol. The molecule has 1 N–H and O–H groups in total. The number of rotatable bonds is 6. The molecule has 1 saturated heterocycles. The van der Waals surface area contributed by atoms with Crippen LogP contribution in [0.3, 0.4) is 0 Å². The second-order valence-corrected chi connectivity index (χ2v) is 9.44. The number of thiophene rings is 1. The molecule has 1 atom stereocenters. The van der Waals surface area contributed by atoms with E-state index in [1.54, 1.807) is 11.3 Å². The number of ketones is 1. The number of likely N-dealkylation sites (tertiary alicyclic amines) is 1. The van der Waals surface area contributed by atoms with Gasteiger partial charge in [0.2, 0.25) is 0 Å². The fraction of sp³-hybridized carbons (Fsp3) is 0.308. The van der Waals surface area contributed by atoms with E-state index in [0.717, 1.165) is 70.7 Å². The molecule has 4 heterocycles. The normalized spacial score (nSPS) is 16.8. The van der Waals surface area contributed by atoms with Crippen LogP contribution < -0.4 is 9.47 Å². The molecular weight excluding hydrogens is 434 g/mol. The van der Waals surface area contributed by atoms with E-state index < -0.39 is 0 Å². The summed E-state index contributed by atoms with van der Waals surface area (Å²) in [6.07, 6.45) is 2.72. The van der Waals surface area contributed by atoms with Gasteiger partial charge in [0.15, 0.2) is 17.3 Å². The number of carbonyl (C=O) groups is 1. The first-order chi connectivity index (χ1) is 16.3. The third-order valence-corrected chi connectivity index (χ3v) is 7.19. The van der Waals surface area contributed by atoms with E-state index in [-0.39, 0.29) is 11.8 Å². The lowest BCUT2D eigenvalue weighted by Crippen LogP contribution is -2.32. The summed E-state index contributed by atoms with van der Waals surface area (Å²) >= 11 is 1.65. The molecule has 0 spiro atoms. The summed E-state index contributed by atoms with van der Waals surface area (Å²) in [5, 5.41) is 12.9.